The molecule has 0 unspecified atom stereocenters. The lowest BCUT2D eigenvalue weighted by molar-refractivity contribution is 0.0694. The van der Waals surface area contributed by atoms with Crippen LogP contribution in [0.5, 0.6) is 0 Å². The van der Waals surface area contributed by atoms with E-state index in [1.54, 1.807) is 30.2 Å². The summed E-state index contributed by atoms with van der Waals surface area (Å²) in [7, 11) is 1.79. The van der Waals surface area contributed by atoms with Crippen LogP contribution < -0.4 is 5.32 Å². The molecule has 1 aromatic carbocycles. The Kier molecular flexibility index (Phi) is 4.06. The summed E-state index contributed by atoms with van der Waals surface area (Å²) in [6, 6.07) is 5.36. The van der Waals surface area contributed by atoms with Crippen molar-refractivity contribution in [3.05, 3.63) is 35.9 Å². The molecule has 0 aliphatic heterocycles. The van der Waals surface area contributed by atoms with Gasteiger partial charge in [0.1, 0.15) is 6.33 Å². The Morgan fingerprint density at radius 2 is 2.32 bits per heavy atom. The molecule has 0 saturated heterocycles. The first-order valence-corrected chi connectivity index (χ1v) is 6.83. The number of thioether (sulfide) groups is 1. The predicted molar refractivity (Wildman–Crippen MR) is 73.5 cm³/mol. The van der Waals surface area contributed by atoms with E-state index in [2.05, 4.69) is 15.4 Å². The van der Waals surface area contributed by atoms with E-state index < -0.39 is 5.97 Å². The fourth-order valence-corrected chi connectivity index (χ4v) is 2.32. The molecular weight excluding hydrogens is 264 g/mol. The first-order valence-electron chi connectivity index (χ1n) is 5.60. The number of anilines is 1. The predicted octanol–water partition coefficient (Wildman–Crippen LogP) is 1.85. The van der Waals surface area contributed by atoms with Crippen LogP contribution in [0.4, 0.5) is 5.69 Å². The Labute approximate surface area is 114 Å². The number of carbonyl (C=O) groups is 1. The van der Waals surface area contributed by atoms with Crippen LogP contribution in [0, 0.1) is 0 Å². The zero-order chi connectivity index (χ0) is 13.8. The Balaban J connectivity index is 2.22. The lowest BCUT2D eigenvalue weighted by atomic mass is 10.2. The SMILES string of the molecule is CSc1cccc(NCc2ncn(C)n2)c1C(=O)O. The molecule has 0 fully saturated rings. The van der Waals surface area contributed by atoms with Crippen LogP contribution in [0.3, 0.4) is 0 Å². The summed E-state index contributed by atoms with van der Waals surface area (Å²) < 4.78 is 1.60. The monoisotopic (exact) mass is 278 g/mol. The number of aromatic nitrogens is 3. The second-order valence-corrected chi connectivity index (χ2v) is 4.72. The number of benzene rings is 1. The Bertz CT molecular complexity index is 597. The van der Waals surface area contributed by atoms with Crippen molar-refractivity contribution in [2.45, 2.75) is 11.4 Å². The molecule has 0 aliphatic carbocycles. The summed E-state index contributed by atoms with van der Waals surface area (Å²) in [5, 5.41) is 16.5. The van der Waals surface area contributed by atoms with E-state index in [0.29, 0.717) is 18.1 Å². The molecule has 0 atom stereocenters. The molecule has 7 heteroatoms. The Morgan fingerprint density at radius 1 is 1.53 bits per heavy atom. The van der Waals surface area contributed by atoms with Gasteiger partial charge in [0.2, 0.25) is 0 Å². The second-order valence-electron chi connectivity index (χ2n) is 3.88. The quantitative estimate of drug-likeness (QED) is 0.812. The van der Waals surface area contributed by atoms with Crippen LogP contribution in [-0.2, 0) is 13.6 Å². The van der Waals surface area contributed by atoms with Gasteiger partial charge in [0.15, 0.2) is 5.82 Å². The van der Waals surface area contributed by atoms with Crippen molar-refractivity contribution in [2.24, 2.45) is 7.05 Å². The maximum atomic E-state index is 11.3. The molecule has 1 heterocycles. The van der Waals surface area contributed by atoms with Gasteiger partial charge in [0, 0.05) is 11.9 Å². The normalized spacial score (nSPS) is 10.4. The van der Waals surface area contributed by atoms with Crippen molar-refractivity contribution in [2.75, 3.05) is 11.6 Å². The molecule has 0 aliphatic rings. The lowest BCUT2D eigenvalue weighted by Gasteiger charge is -2.11. The molecule has 19 heavy (non-hydrogen) atoms. The van der Waals surface area contributed by atoms with Crippen molar-refractivity contribution >= 4 is 23.4 Å². The summed E-state index contributed by atoms with van der Waals surface area (Å²) in [5.41, 5.74) is 0.859. The molecule has 0 saturated carbocycles. The van der Waals surface area contributed by atoms with Gasteiger partial charge in [-0.05, 0) is 18.4 Å². The van der Waals surface area contributed by atoms with Gasteiger partial charge in [-0.2, -0.15) is 5.10 Å². The average molecular weight is 278 g/mol. The molecule has 0 amide bonds. The van der Waals surface area contributed by atoms with E-state index in [1.165, 1.54) is 11.8 Å². The summed E-state index contributed by atoms with van der Waals surface area (Å²) in [5.74, 6) is -0.324. The molecule has 2 aromatic rings. The fourth-order valence-electron chi connectivity index (χ4n) is 1.71. The number of carboxylic acids is 1. The average Bonchev–Trinajstić information content (AvgIpc) is 2.81. The number of hydrogen-bond donors (Lipinski definition) is 2. The number of aryl methyl sites for hydroxylation is 1. The molecule has 1 aromatic heterocycles. The summed E-state index contributed by atoms with van der Waals surface area (Å²) in [6.07, 6.45) is 3.46. The van der Waals surface area contributed by atoms with E-state index >= 15 is 0 Å². The van der Waals surface area contributed by atoms with Gasteiger partial charge in [-0.1, -0.05) is 6.07 Å². The van der Waals surface area contributed by atoms with Crippen molar-refractivity contribution in [3.63, 3.8) is 0 Å². The van der Waals surface area contributed by atoms with E-state index in [9.17, 15) is 9.90 Å². The highest BCUT2D eigenvalue weighted by Crippen LogP contribution is 2.27. The standard InChI is InChI=1S/C12H14N4O2S/c1-16-7-14-10(15-16)6-13-8-4-3-5-9(19-2)11(8)12(17)18/h3-5,7,13H,6H2,1-2H3,(H,17,18). The Morgan fingerprint density at radius 3 is 2.89 bits per heavy atom. The van der Waals surface area contributed by atoms with Crippen LogP contribution in [0.15, 0.2) is 29.4 Å². The largest absolute Gasteiger partial charge is 0.478 e. The highest BCUT2D eigenvalue weighted by Gasteiger charge is 2.15. The van der Waals surface area contributed by atoms with Crippen molar-refractivity contribution < 1.29 is 9.90 Å². The number of nitrogens with one attached hydrogen (secondary N) is 1. The minimum Gasteiger partial charge on any atom is -0.478 e. The van der Waals surface area contributed by atoms with E-state index in [-0.39, 0.29) is 5.56 Å². The topological polar surface area (TPSA) is 80.0 Å². The molecule has 0 bridgehead atoms. The zero-order valence-electron chi connectivity index (χ0n) is 10.6. The first kappa shape index (κ1) is 13.4. The van der Waals surface area contributed by atoms with Crippen molar-refractivity contribution in [3.8, 4) is 0 Å². The second kappa shape index (κ2) is 5.75. The van der Waals surface area contributed by atoms with Crippen LogP contribution in [0.2, 0.25) is 0 Å². The number of rotatable bonds is 5. The fraction of sp³-hybridized carbons (Fsp3) is 0.250. The van der Waals surface area contributed by atoms with Crippen LogP contribution in [0.1, 0.15) is 16.2 Å². The molecule has 0 spiro atoms. The minimum atomic E-state index is -0.943. The maximum Gasteiger partial charge on any atom is 0.338 e. The summed E-state index contributed by atoms with van der Waals surface area (Å²) >= 11 is 1.41. The maximum absolute atomic E-state index is 11.3. The van der Waals surface area contributed by atoms with Crippen molar-refractivity contribution in [1.29, 1.82) is 0 Å². The smallest absolute Gasteiger partial charge is 0.338 e. The van der Waals surface area contributed by atoms with Crippen LogP contribution in [-0.4, -0.2) is 32.1 Å². The minimum absolute atomic E-state index is 0.283. The third-order valence-electron chi connectivity index (χ3n) is 2.54. The highest BCUT2D eigenvalue weighted by atomic mass is 32.2. The van der Waals surface area contributed by atoms with Gasteiger partial charge in [-0.15, -0.1) is 11.8 Å². The van der Waals surface area contributed by atoms with Crippen molar-refractivity contribution in [1.82, 2.24) is 14.8 Å². The van der Waals surface area contributed by atoms with E-state index in [1.807, 2.05) is 12.3 Å². The lowest BCUT2D eigenvalue weighted by Crippen LogP contribution is -2.08. The third kappa shape index (κ3) is 3.05. The zero-order valence-corrected chi connectivity index (χ0v) is 11.4. The van der Waals surface area contributed by atoms with Gasteiger partial charge >= 0.3 is 5.97 Å². The van der Waals surface area contributed by atoms with E-state index in [4.69, 9.17) is 0 Å². The number of nitrogens with zero attached hydrogens (tertiary/aromatic N) is 3. The van der Waals surface area contributed by atoms with Gasteiger partial charge < -0.3 is 10.4 Å². The molecule has 0 radical (unpaired) electrons. The van der Waals surface area contributed by atoms with Gasteiger partial charge in [-0.25, -0.2) is 9.78 Å². The number of aromatic carboxylic acids is 1. The Hall–Kier alpha value is -2.02. The summed E-state index contributed by atoms with van der Waals surface area (Å²) in [6.45, 7) is 0.388. The van der Waals surface area contributed by atoms with E-state index in [0.717, 1.165) is 4.90 Å². The molecule has 100 valence electrons. The molecular formula is C12H14N4O2S. The summed E-state index contributed by atoms with van der Waals surface area (Å²) in [4.78, 5) is 16.1. The van der Waals surface area contributed by atoms with Gasteiger partial charge in [0.25, 0.3) is 0 Å². The first-order chi connectivity index (χ1) is 9.11. The molecule has 6 nitrogen and oxygen atoms in total. The van der Waals surface area contributed by atoms with Gasteiger partial charge in [-0.3, -0.25) is 4.68 Å². The van der Waals surface area contributed by atoms with Gasteiger partial charge in [0.05, 0.1) is 17.8 Å². The van der Waals surface area contributed by atoms with Crippen LogP contribution >= 0.6 is 11.8 Å². The molecule has 2 N–H and O–H groups in total. The third-order valence-corrected chi connectivity index (χ3v) is 3.32. The number of carboxylic acid groups (broad SMARTS) is 1. The van der Waals surface area contributed by atoms with Crippen LogP contribution in [0.25, 0.3) is 0 Å². The molecule has 2 rings (SSSR count). The number of hydrogen-bond acceptors (Lipinski definition) is 5. The highest BCUT2D eigenvalue weighted by molar-refractivity contribution is 7.98.